The maximum atomic E-state index is 2.39. The van der Waals surface area contributed by atoms with Crippen LogP contribution in [0.1, 0.15) is 0 Å². The van der Waals surface area contributed by atoms with Gasteiger partial charge in [0.25, 0.3) is 0 Å². The van der Waals surface area contributed by atoms with E-state index < -0.39 is 0 Å². The zero-order chi connectivity index (χ0) is 8.55. The lowest BCUT2D eigenvalue weighted by Crippen LogP contribution is -1.71. The summed E-state index contributed by atoms with van der Waals surface area (Å²) in [6, 6.07) is 4.33. The molecule has 62 valence electrons. The van der Waals surface area contributed by atoms with Crippen molar-refractivity contribution < 1.29 is 0 Å². The predicted molar refractivity (Wildman–Crippen MR) is 73.1 cm³/mol. The summed E-state index contributed by atoms with van der Waals surface area (Å²) in [6.07, 6.45) is 0. The highest BCUT2D eigenvalue weighted by Crippen LogP contribution is 2.37. The van der Waals surface area contributed by atoms with Gasteiger partial charge in [-0.25, -0.2) is 0 Å². The maximum Gasteiger partial charge on any atom is 0.0586 e. The number of halogens is 2. The van der Waals surface area contributed by atoms with Crippen LogP contribution in [0, 0.1) is 7.14 Å². The van der Waals surface area contributed by atoms with Crippen LogP contribution in [0.2, 0.25) is 0 Å². The molecule has 0 aliphatic heterocycles. The zero-order valence-corrected chi connectivity index (χ0v) is 11.8. The summed E-state index contributed by atoms with van der Waals surface area (Å²) in [5.74, 6) is 0. The Morgan fingerprint density at radius 1 is 0.833 bits per heavy atom. The summed E-state index contributed by atoms with van der Waals surface area (Å²) < 4.78 is 2.72. The van der Waals surface area contributed by atoms with Crippen LogP contribution >= 0.6 is 67.9 Å². The molecule has 2 aromatic rings. The summed E-state index contributed by atoms with van der Waals surface area (Å²) in [6.45, 7) is 0. The lowest BCUT2D eigenvalue weighted by atomic mass is 10.4. The van der Waals surface area contributed by atoms with Crippen molar-refractivity contribution in [2.45, 2.75) is 0 Å². The van der Waals surface area contributed by atoms with E-state index in [1.54, 1.807) is 0 Å². The van der Waals surface area contributed by atoms with Crippen molar-refractivity contribution in [1.29, 1.82) is 0 Å². The van der Waals surface area contributed by atoms with Crippen LogP contribution in [0.15, 0.2) is 22.9 Å². The minimum absolute atomic E-state index is 1.36. The molecular formula is C8H4I2S2. The first kappa shape index (κ1) is 9.42. The standard InChI is InChI=1S/C8H4I2S2/c9-5-1-3-11-7(5)8-6(10)2-4-12-8/h1-4H. The predicted octanol–water partition coefficient (Wildman–Crippen LogP) is 4.69. The second-order valence-electron chi connectivity index (χ2n) is 2.20. The third-order valence-corrected chi connectivity index (χ3v) is 5.96. The van der Waals surface area contributed by atoms with Crippen molar-refractivity contribution in [3.63, 3.8) is 0 Å². The van der Waals surface area contributed by atoms with Gasteiger partial charge in [0.1, 0.15) is 0 Å². The van der Waals surface area contributed by atoms with Crippen LogP contribution in [-0.2, 0) is 0 Å². The van der Waals surface area contributed by atoms with Crippen LogP contribution in [0.5, 0.6) is 0 Å². The van der Waals surface area contributed by atoms with E-state index in [0.717, 1.165) is 0 Å². The van der Waals surface area contributed by atoms with Crippen molar-refractivity contribution >= 4 is 67.9 Å². The highest BCUT2D eigenvalue weighted by Gasteiger charge is 2.08. The first-order valence-corrected chi connectivity index (χ1v) is 7.17. The fourth-order valence-corrected chi connectivity index (χ4v) is 5.19. The zero-order valence-electron chi connectivity index (χ0n) is 5.88. The van der Waals surface area contributed by atoms with Crippen LogP contribution < -0.4 is 0 Å². The molecule has 0 nitrogen and oxygen atoms in total. The number of hydrogen-bond donors (Lipinski definition) is 0. The summed E-state index contributed by atoms with van der Waals surface area (Å²) in [7, 11) is 0. The van der Waals surface area contributed by atoms with E-state index in [-0.39, 0.29) is 0 Å². The second kappa shape index (κ2) is 3.93. The highest BCUT2D eigenvalue weighted by molar-refractivity contribution is 14.1. The summed E-state index contributed by atoms with van der Waals surface area (Å²) in [5.41, 5.74) is 0. The Labute approximate surface area is 106 Å². The Bertz CT molecular complexity index is 351. The first-order chi connectivity index (χ1) is 5.79. The highest BCUT2D eigenvalue weighted by atomic mass is 127. The molecule has 0 radical (unpaired) electrons. The van der Waals surface area contributed by atoms with Crippen molar-refractivity contribution in [2.24, 2.45) is 0 Å². The van der Waals surface area contributed by atoms with Crippen LogP contribution in [-0.4, -0.2) is 0 Å². The average Bonchev–Trinajstić information content (AvgIpc) is 2.59. The van der Waals surface area contributed by atoms with Gasteiger partial charge in [0.05, 0.1) is 9.75 Å². The topological polar surface area (TPSA) is 0 Å². The number of thiophene rings is 2. The SMILES string of the molecule is Ic1ccsc1-c1sccc1I. The molecule has 0 aliphatic carbocycles. The van der Waals surface area contributed by atoms with Gasteiger partial charge in [-0.05, 0) is 68.1 Å². The van der Waals surface area contributed by atoms with Crippen LogP contribution in [0.25, 0.3) is 9.75 Å². The molecule has 0 N–H and O–H groups in total. The summed E-state index contributed by atoms with van der Waals surface area (Å²) >= 11 is 8.41. The van der Waals surface area contributed by atoms with Crippen molar-refractivity contribution in [3.05, 3.63) is 30.0 Å². The van der Waals surface area contributed by atoms with Gasteiger partial charge in [-0.3, -0.25) is 0 Å². The largest absolute Gasteiger partial charge is 0.142 e. The molecule has 0 atom stereocenters. The molecular weight excluding hydrogens is 414 g/mol. The normalized spacial score (nSPS) is 10.5. The lowest BCUT2D eigenvalue weighted by molar-refractivity contribution is 1.80. The second-order valence-corrected chi connectivity index (χ2v) is 6.35. The average molecular weight is 418 g/mol. The molecule has 0 amide bonds. The lowest BCUT2D eigenvalue weighted by Gasteiger charge is -1.93. The molecule has 2 heterocycles. The quantitative estimate of drug-likeness (QED) is 0.590. The minimum Gasteiger partial charge on any atom is -0.142 e. The van der Waals surface area contributed by atoms with Gasteiger partial charge in [-0.15, -0.1) is 22.7 Å². The molecule has 0 bridgehead atoms. The van der Waals surface area contributed by atoms with Gasteiger partial charge < -0.3 is 0 Å². The van der Waals surface area contributed by atoms with Crippen molar-refractivity contribution in [1.82, 2.24) is 0 Å². The van der Waals surface area contributed by atoms with Crippen molar-refractivity contribution in [3.8, 4) is 9.75 Å². The molecule has 0 fully saturated rings. The third kappa shape index (κ3) is 1.71. The third-order valence-electron chi connectivity index (χ3n) is 1.44. The fraction of sp³-hybridized carbons (Fsp3) is 0. The molecule has 0 aliphatic rings. The molecule has 0 unspecified atom stereocenters. The fourth-order valence-electron chi connectivity index (χ4n) is 0.912. The van der Waals surface area contributed by atoms with E-state index in [0.29, 0.717) is 0 Å². The Morgan fingerprint density at radius 2 is 1.25 bits per heavy atom. The van der Waals surface area contributed by atoms with Gasteiger partial charge in [-0.2, -0.15) is 0 Å². The first-order valence-electron chi connectivity index (χ1n) is 3.25. The van der Waals surface area contributed by atoms with E-state index in [1.807, 2.05) is 22.7 Å². The molecule has 2 aromatic heterocycles. The summed E-state index contributed by atoms with van der Waals surface area (Å²) in [5, 5.41) is 4.29. The molecule has 12 heavy (non-hydrogen) atoms. The Hall–Kier alpha value is 0.860. The Balaban J connectivity index is 2.57. The van der Waals surface area contributed by atoms with Gasteiger partial charge in [0.15, 0.2) is 0 Å². The molecule has 0 saturated heterocycles. The number of rotatable bonds is 1. The van der Waals surface area contributed by atoms with Crippen LogP contribution in [0.3, 0.4) is 0 Å². The van der Waals surface area contributed by atoms with Crippen LogP contribution in [0.4, 0.5) is 0 Å². The van der Waals surface area contributed by atoms with E-state index in [1.165, 1.54) is 16.9 Å². The minimum atomic E-state index is 1.36. The van der Waals surface area contributed by atoms with Gasteiger partial charge >= 0.3 is 0 Å². The van der Waals surface area contributed by atoms with Gasteiger partial charge in [0.2, 0.25) is 0 Å². The molecule has 0 saturated carbocycles. The van der Waals surface area contributed by atoms with E-state index >= 15 is 0 Å². The van der Waals surface area contributed by atoms with E-state index in [4.69, 9.17) is 0 Å². The van der Waals surface area contributed by atoms with Gasteiger partial charge in [-0.1, -0.05) is 0 Å². The van der Waals surface area contributed by atoms with Gasteiger partial charge in [0, 0.05) is 7.14 Å². The monoisotopic (exact) mass is 418 g/mol. The Morgan fingerprint density at radius 3 is 1.50 bits per heavy atom. The van der Waals surface area contributed by atoms with Crippen molar-refractivity contribution in [2.75, 3.05) is 0 Å². The molecule has 2 rings (SSSR count). The number of hydrogen-bond acceptors (Lipinski definition) is 2. The molecule has 4 heteroatoms. The maximum absolute atomic E-state index is 2.39. The van der Waals surface area contributed by atoms with E-state index in [2.05, 4.69) is 68.1 Å². The molecule has 0 spiro atoms. The Kier molecular flexibility index (Phi) is 3.09. The summed E-state index contributed by atoms with van der Waals surface area (Å²) in [4.78, 5) is 2.82. The smallest absolute Gasteiger partial charge is 0.0586 e. The van der Waals surface area contributed by atoms with E-state index in [9.17, 15) is 0 Å². The molecule has 0 aromatic carbocycles.